The van der Waals surface area contributed by atoms with Gasteiger partial charge in [-0.05, 0) is 36.6 Å². The Balaban J connectivity index is 2.03. The van der Waals surface area contributed by atoms with Gasteiger partial charge in [-0.2, -0.15) is 0 Å². The van der Waals surface area contributed by atoms with Crippen molar-refractivity contribution in [1.29, 1.82) is 0 Å². The number of carboxylic acids is 1. The Morgan fingerprint density at radius 1 is 1.27 bits per heavy atom. The van der Waals surface area contributed by atoms with Gasteiger partial charge in [-0.3, -0.25) is 4.79 Å². The fraction of sp³-hybridized carbons (Fsp3) is 0.421. The van der Waals surface area contributed by atoms with E-state index in [1.54, 1.807) is 20.8 Å². The maximum absolute atomic E-state index is 12.2. The van der Waals surface area contributed by atoms with Crippen molar-refractivity contribution < 1.29 is 19.4 Å². The molecule has 7 heteroatoms. The van der Waals surface area contributed by atoms with Crippen molar-refractivity contribution in [3.63, 3.8) is 0 Å². The molecule has 0 aliphatic rings. The number of thiazole rings is 1. The van der Waals surface area contributed by atoms with E-state index in [2.05, 4.69) is 10.3 Å². The maximum Gasteiger partial charge on any atom is 0.326 e. The van der Waals surface area contributed by atoms with E-state index in [4.69, 9.17) is 4.74 Å². The van der Waals surface area contributed by atoms with E-state index in [0.29, 0.717) is 12.3 Å². The zero-order valence-corrected chi connectivity index (χ0v) is 16.2. The van der Waals surface area contributed by atoms with Gasteiger partial charge in [0.05, 0.1) is 18.7 Å². The van der Waals surface area contributed by atoms with Crippen molar-refractivity contribution in [1.82, 2.24) is 10.3 Å². The number of carbonyl (C=O) groups excluding carboxylic acids is 1. The first-order valence-corrected chi connectivity index (χ1v) is 9.28. The minimum atomic E-state index is -1.04. The first-order valence-electron chi connectivity index (χ1n) is 8.40. The van der Waals surface area contributed by atoms with Crippen LogP contribution in [0.5, 0.6) is 5.75 Å². The summed E-state index contributed by atoms with van der Waals surface area (Å²) >= 11 is 1.45. The molecule has 0 bridgehead atoms. The van der Waals surface area contributed by atoms with E-state index < -0.39 is 17.4 Å². The molecule has 1 amide bonds. The van der Waals surface area contributed by atoms with Crippen LogP contribution in [-0.4, -0.2) is 34.6 Å². The van der Waals surface area contributed by atoms with Crippen LogP contribution in [0.1, 0.15) is 33.4 Å². The first kappa shape index (κ1) is 19.9. The lowest BCUT2D eigenvalue weighted by molar-refractivity contribution is -0.144. The molecular formula is C19H24N2O4S. The SMILES string of the molecule is CCOc1ccc(-c2nc(CC(=O)N[C@H](C(=O)O)C(C)(C)C)cs2)cc1. The molecule has 1 atom stereocenters. The molecule has 1 aromatic carbocycles. The second kappa shape index (κ2) is 8.31. The van der Waals surface area contributed by atoms with Gasteiger partial charge in [0, 0.05) is 10.9 Å². The molecule has 1 heterocycles. The number of carbonyl (C=O) groups is 2. The smallest absolute Gasteiger partial charge is 0.326 e. The quantitative estimate of drug-likeness (QED) is 0.773. The molecule has 2 rings (SSSR count). The van der Waals surface area contributed by atoms with Crippen LogP contribution in [0.4, 0.5) is 0 Å². The van der Waals surface area contributed by atoms with Crippen LogP contribution in [0, 0.1) is 5.41 Å². The van der Waals surface area contributed by atoms with Gasteiger partial charge in [-0.1, -0.05) is 20.8 Å². The summed E-state index contributed by atoms with van der Waals surface area (Å²) in [4.78, 5) is 28.0. The minimum Gasteiger partial charge on any atom is -0.494 e. The zero-order valence-electron chi connectivity index (χ0n) is 15.4. The largest absolute Gasteiger partial charge is 0.494 e. The van der Waals surface area contributed by atoms with Crippen molar-refractivity contribution in [3.8, 4) is 16.3 Å². The van der Waals surface area contributed by atoms with E-state index in [0.717, 1.165) is 16.3 Å². The summed E-state index contributed by atoms with van der Waals surface area (Å²) < 4.78 is 5.42. The molecule has 0 aliphatic carbocycles. The average molecular weight is 376 g/mol. The molecule has 0 radical (unpaired) electrons. The molecule has 0 saturated heterocycles. The highest BCUT2D eigenvalue weighted by Gasteiger charge is 2.32. The minimum absolute atomic E-state index is 0.0490. The number of nitrogens with one attached hydrogen (secondary N) is 1. The Labute approximate surface area is 157 Å². The van der Waals surface area contributed by atoms with E-state index in [1.807, 2.05) is 36.6 Å². The Kier molecular flexibility index (Phi) is 6.37. The number of hydrogen-bond donors (Lipinski definition) is 2. The van der Waals surface area contributed by atoms with E-state index in [1.165, 1.54) is 11.3 Å². The van der Waals surface area contributed by atoms with Gasteiger partial charge in [0.2, 0.25) is 5.91 Å². The first-order chi connectivity index (χ1) is 12.2. The van der Waals surface area contributed by atoms with Crippen LogP contribution in [0.3, 0.4) is 0 Å². The van der Waals surface area contributed by atoms with Crippen LogP contribution in [-0.2, 0) is 16.0 Å². The molecule has 1 aromatic heterocycles. The Bertz CT molecular complexity index is 763. The van der Waals surface area contributed by atoms with Crippen molar-refractivity contribution in [2.45, 2.75) is 40.2 Å². The lowest BCUT2D eigenvalue weighted by Crippen LogP contribution is -2.49. The van der Waals surface area contributed by atoms with Crippen LogP contribution in [0.2, 0.25) is 0 Å². The highest BCUT2D eigenvalue weighted by atomic mass is 32.1. The molecule has 2 aromatic rings. The van der Waals surface area contributed by atoms with Crippen LogP contribution in [0.25, 0.3) is 10.6 Å². The van der Waals surface area contributed by atoms with Crippen molar-refractivity contribution in [3.05, 3.63) is 35.3 Å². The van der Waals surface area contributed by atoms with Crippen molar-refractivity contribution >= 4 is 23.2 Å². The number of rotatable bonds is 7. The topological polar surface area (TPSA) is 88.5 Å². The molecule has 0 saturated carbocycles. The van der Waals surface area contributed by atoms with E-state index >= 15 is 0 Å². The van der Waals surface area contributed by atoms with Crippen molar-refractivity contribution in [2.24, 2.45) is 5.41 Å². The summed E-state index contributed by atoms with van der Waals surface area (Å²) in [5.41, 5.74) is 0.995. The van der Waals surface area contributed by atoms with Crippen LogP contribution < -0.4 is 10.1 Å². The Hall–Kier alpha value is -2.41. The number of benzene rings is 1. The summed E-state index contributed by atoms with van der Waals surface area (Å²) in [6.07, 6.45) is 0.0490. The van der Waals surface area contributed by atoms with Crippen LogP contribution in [0.15, 0.2) is 29.6 Å². The third-order valence-corrected chi connectivity index (χ3v) is 4.66. The number of hydrogen-bond acceptors (Lipinski definition) is 5. The molecule has 0 fully saturated rings. The predicted molar refractivity (Wildman–Crippen MR) is 101 cm³/mol. The summed E-state index contributed by atoms with van der Waals surface area (Å²) in [6.45, 7) is 7.87. The summed E-state index contributed by atoms with van der Waals surface area (Å²) in [7, 11) is 0. The van der Waals surface area contributed by atoms with Crippen molar-refractivity contribution in [2.75, 3.05) is 6.61 Å². The molecule has 26 heavy (non-hydrogen) atoms. The van der Waals surface area contributed by atoms with Gasteiger partial charge in [0.15, 0.2) is 0 Å². The number of ether oxygens (including phenoxy) is 1. The molecule has 140 valence electrons. The second-order valence-corrected chi connectivity index (χ2v) is 7.84. The summed E-state index contributed by atoms with van der Waals surface area (Å²) in [5.74, 6) is -0.593. The Morgan fingerprint density at radius 2 is 1.92 bits per heavy atom. The van der Waals surface area contributed by atoms with E-state index in [-0.39, 0.29) is 12.3 Å². The molecule has 0 aliphatic heterocycles. The van der Waals surface area contributed by atoms with Gasteiger partial charge in [-0.25, -0.2) is 9.78 Å². The van der Waals surface area contributed by atoms with Gasteiger partial charge in [0.1, 0.15) is 16.8 Å². The number of carboxylic acid groups (broad SMARTS) is 1. The van der Waals surface area contributed by atoms with Gasteiger partial charge in [-0.15, -0.1) is 11.3 Å². The Morgan fingerprint density at radius 3 is 2.46 bits per heavy atom. The van der Waals surface area contributed by atoms with Gasteiger partial charge >= 0.3 is 5.97 Å². The molecule has 0 unspecified atom stereocenters. The number of aromatic nitrogens is 1. The van der Waals surface area contributed by atoms with E-state index in [9.17, 15) is 14.7 Å². The third kappa shape index (κ3) is 5.29. The lowest BCUT2D eigenvalue weighted by Gasteiger charge is -2.27. The number of amides is 1. The third-order valence-electron chi connectivity index (χ3n) is 3.72. The fourth-order valence-electron chi connectivity index (χ4n) is 2.41. The summed E-state index contributed by atoms with van der Waals surface area (Å²) in [6, 6.07) is 6.67. The standard InChI is InChI=1S/C19H24N2O4S/c1-5-25-14-8-6-12(7-9-14)17-20-13(11-26-17)10-15(22)21-16(18(23)24)19(2,3)4/h6-9,11,16H,5,10H2,1-4H3,(H,21,22)(H,23,24)/t16-/m1/s1. The maximum atomic E-state index is 12.2. The highest BCUT2D eigenvalue weighted by Crippen LogP contribution is 2.26. The van der Waals surface area contributed by atoms with Gasteiger partial charge in [0.25, 0.3) is 0 Å². The average Bonchev–Trinajstić information content (AvgIpc) is 3.00. The monoisotopic (exact) mass is 376 g/mol. The highest BCUT2D eigenvalue weighted by molar-refractivity contribution is 7.13. The summed E-state index contributed by atoms with van der Waals surface area (Å²) in [5, 5.41) is 14.5. The number of nitrogens with zero attached hydrogens (tertiary/aromatic N) is 1. The molecule has 2 N–H and O–H groups in total. The lowest BCUT2D eigenvalue weighted by atomic mass is 9.86. The predicted octanol–water partition coefficient (Wildman–Crippen LogP) is 3.37. The number of aliphatic carboxylic acids is 1. The van der Waals surface area contributed by atoms with Crippen LogP contribution >= 0.6 is 11.3 Å². The molecule has 0 spiro atoms. The second-order valence-electron chi connectivity index (χ2n) is 6.98. The zero-order chi connectivity index (χ0) is 19.3. The molecule has 6 nitrogen and oxygen atoms in total. The fourth-order valence-corrected chi connectivity index (χ4v) is 3.23. The normalized spacial score (nSPS) is 12.5. The van der Waals surface area contributed by atoms with Gasteiger partial charge < -0.3 is 15.2 Å². The molecular weight excluding hydrogens is 352 g/mol.